The third-order valence-corrected chi connectivity index (χ3v) is 5.40. The van der Waals surface area contributed by atoms with Crippen LogP contribution in [-0.2, 0) is 16.1 Å². The number of pyridine rings is 1. The summed E-state index contributed by atoms with van der Waals surface area (Å²) in [6.07, 6.45) is 7.26. The van der Waals surface area contributed by atoms with Gasteiger partial charge in [-0.25, -0.2) is 0 Å². The number of amides is 1. The minimum Gasteiger partial charge on any atom is -0.368 e. The first-order valence-corrected chi connectivity index (χ1v) is 9.64. The summed E-state index contributed by atoms with van der Waals surface area (Å²) in [5.74, 6) is 0.859. The number of ether oxygens (including phenoxy) is 1. The van der Waals surface area contributed by atoms with Gasteiger partial charge in [0.25, 0.3) is 5.91 Å². The fraction of sp³-hybridized carbons (Fsp3) is 0.700. The number of hydrogen-bond donors (Lipinski definition) is 0. The molecule has 138 valence electrons. The van der Waals surface area contributed by atoms with Gasteiger partial charge in [-0.1, -0.05) is 6.07 Å². The zero-order chi connectivity index (χ0) is 17.6. The summed E-state index contributed by atoms with van der Waals surface area (Å²) < 4.78 is 5.77. The Kier molecular flexibility index (Phi) is 6.43. The van der Waals surface area contributed by atoms with Crippen LogP contribution in [0.1, 0.15) is 44.7 Å². The molecule has 25 heavy (non-hydrogen) atoms. The van der Waals surface area contributed by atoms with E-state index in [9.17, 15) is 4.79 Å². The second-order valence-corrected chi connectivity index (χ2v) is 7.57. The quantitative estimate of drug-likeness (QED) is 0.762. The zero-order valence-electron chi connectivity index (χ0n) is 15.6. The van der Waals surface area contributed by atoms with Crippen molar-refractivity contribution in [1.29, 1.82) is 0 Å². The Hall–Kier alpha value is -1.46. The molecule has 1 aromatic rings. The number of carbonyl (C=O) groups excluding carboxylic acids is 1. The van der Waals surface area contributed by atoms with Crippen LogP contribution >= 0.6 is 0 Å². The summed E-state index contributed by atoms with van der Waals surface area (Å²) in [7, 11) is 2.16. The lowest BCUT2D eigenvalue weighted by Crippen LogP contribution is -2.40. The minimum atomic E-state index is -0.302. The molecule has 0 radical (unpaired) electrons. The highest BCUT2D eigenvalue weighted by atomic mass is 16.5. The number of carbonyl (C=O) groups is 1. The second kappa shape index (κ2) is 8.77. The topological polar surface area (TPSA) is 45.7 Å². The van der Waals surface area contributed by atoms with Crippen molar-refractivity contribution in [3.05, 3.63) is 30.1 Å². The Morgan fingerprint density at radius 3 is 2.88 bits per heavy atom. The smallest absolute Gasteiger partial charge is 0.251 e. The highest BCUT2D eigenvalue weighted by molar-refractivity contribution is 5.80. The average molecular weight is 345 g/mol. The molecule has 3 rings (SSSR count). The molecule has 2 heterocycles. The Labute approximate surface area is 151 Å². The molecule has 5 nitrogen and oxygen atoms in total. The molecule has 0 aromatic carbocycles. The predicted octanol–water partition coefficient (Wildman–Crippen LogP) is 2.71. The molecule has 1 amide bonds. The van der Waals surface area contributed by atoms with Crippen LogP contribution in [0.25, 0.3) is 0 Å². The van der Waals surface area contributed by atoms with E-state index < -0.39 is 0 Å². The molecule has 1 aromatic heterocycles. The van der Waals surface area contributed by atoms with Crippen LogP contribution in [0.5, 0.6) is 0 Å². The van der Waals surface area contributed by atoms with Crippen molar-refractivity contribution in [1.82, 2.24) is 14.8 Å². The maximum atomic E-state index is 12.6. The van der Waals surface area contributed by atoms with E-state index in [1.807, 2.05) is 30.2 Å². The first-order valence-electron chi connectivity index (χ1n) is 9.64. The molecule has 2 fully saturated rings. The number of rotatable bonds is 7. The Balaban J connectivity index is 1.46. The van der Waals surface area contributed by atoms with E-state index in [-0.39, 0.29) is 12.0 Å². The largest absolute Gasteiger partial charge is 0.368 e. The van der Waals surface area contributed by atoms with Gasteiger partial charge < -0.3 is 9.64 Å². The van der Waals surface area contributed by atoms with E-state index in [1.165, 1.54) is 12.8 Å². The van der Waals surface area contributed by atoms with E-state index in [0.717, 1.165) is 51.2 Å². The van der Waals surface area contributed by atoms with Crippen LogP contribution in [0.2, 0.25) is 0 Å². The van der Waals surface area contributed by atoms with Crippen LogP contribution in [0, 0.1) is 5.92 Å². The van der Waals surface area contributed by atoms with Gasteiger partial charge in [0.2, 0.25) is 0 Å². The number of hydrogen-bond acceptors (Lipinski definition) is 4. The van der Waals surface area contributed by atoms with Gasteiger partial charge >= 0.3 is 0 Å². The summed E-state index contributed by atoms with van der Waals surface area (Å²) in [6, 6.07) is 6.56. The van der Waals surface area contributed by atoms with Crippen LogP contribution < -0.4 is 0 Å². The van der Waals surface area contributed by atoms with Gasteiger partial charge in [0.05, 0.1) is 12.3 Å². The molecule has 2 unspecified atom stereocenters. The van der Waals surface area contributed by atoms with Crippen LogP contribution in [0.4, 0.5) is 0 Å². The predicted molar refractivity (Wildman–Crippen MR) is 98.1 cm³/mol. The van der Waals surface area contributed by atoms with Crippen molar-refractivity contribution in [2.45, 2.75) is 57.7 Å². The second-order valence-electron chi connectivity index (χ2n) is 7.57. The molecular weight excluding hydrogens is 314 g/mol. The lowest BCUT2D eigenvalue weighted by molar-refractivity contribution is -0.142. The van der Waals surface area contributed by atoms with Gasteiger partial charge in [-0.3, -0.25) is 14.7 Å². The summed E-state index contributed by atoms with van der Waals surface area (Å²) in [6.45, 7) is 5.19. The van der Waals surface area contributed by atoms with Crippen LogP contribution in [-0.4, -0.2) is 59.6 Å². The normalized spacial score (nSPS) is 22.7. The summed E-state index contributed by atoms with van der Waals surface area (Å²) in [5, 5.41) is 0. The summed E-state index contributed by atoms with van der Waals surface area (Å²) >= 11 is 0. The Morgan fingerprint density at radius 2 is 2.16 bits per heavy atom. The number of aromatic nitrogens is 1. The van der Waals surface area contributed by atoms with Gasteiger partial charge in [-0.05, 0) is 64.1 Å². The standard InChI is InChI=1S/C20H31N3O2/c1-16(25-15-17-8-9-17)20(24)23-12-5-7-19(10-13-23)22(2)14-18-6-3-4-11-21-18/h3-4,6,11,16-17,19H,5,7-10,12-15H2,1-2H3. The third kappa shape index (κ3) is 5.51. The Morgan fingerprint density at radius 1 is 1.32 bits per heavy atom. The molecule has 1 saturated carbocycles. The van der Waals surface area contributed by atoms with Crippen LogP contribution in [0.3, 0.4) is 0 Å². The van der Waals surface area contributed by atoms with Crippen molar-refractivity contribution < 1.29 is 9.53 Å². The molecule has 1 saturated heterocycles. The van der Waals surface area contributed by atoms with Gasteiger partial charge in [0.1, 0.15) is 6.10 Å². The summed E-state index contributed by atoms with van der Waals surface area (Å²) in [5.41, 5.74) is 1.10. The molecule has 0 bridgehead atoms. The first kappa shape index (κ1) is 18.3. The van der Waals surface area contributed by atoms with Gasteiger partial charge in [0.15, 0.2) is 0 Å². The molecule has 1 aliphatic heterocycles. The fourth-order valence-corrected chi connectivity index (χ4v) is 3.51. The lowest BCUT2D eigenvalue weighted by Gasteiger charge is -2.27. The van der Waals surface area contributed by atoms with Crippen molar-refractivity contribution in [2.75, 3.05) is 26.7 Å². The number of nitrogens with zero attached hydrogens (tertiary/aromatic N) is 3. The molecule has 1 aliphatic carbocycles. The van der Waals surface area contributed by atoms with Crippen molar-refractivity contribution in [2.24, 2.45) is 5.92 Å². The molecule has 2 aliphatic rings. The fourth-order valence-electron chi connectivity index (χ4n) is 3.51. The molecule has 5 heteroatoms. The summed E-state index contributed by atoms with van der Waals surface area (Å²) in [4.78, 5) is 21.4. The highest BCUT2D eigenvalue weighted by Crippen LogP contribution is 2.29. The van der Waals surface area contributed by atoms with E-state index in [0.29, 0.717) is 12.0 Å². The third-order valence-electron chi connectivity index (χ3n) is 5.40. The van der Waals surface area contributed by atoms with E-state index in [4.69, 9.17) is 4.74 Å². The molecule has 0 spiro atoms. The van der Waals surface area contributed by atoms with Gasteiger partial charge in [-0.2, -0.15) is 0 Å². The van der Waals surface area contributed by atoms with Crippen LogP contribution in [0.15, 0.2) is 24.4 Å². The lowest BCUT2D eigenvalue weighted by atomic mass is 10.1. The minimum absolute atomic E-state index is 0.161. The maximum absolute atomic E-state index is 12.6. The van der Waals surface area contributed by atoms with Gasteiger partial charge in [-0.15, -0.1) is 0 Å². The molecule has 2 atom stereocenters. The SMILES string of the molecule is CC(OCC1CC1)C(=O)N1CCCC(N(C)Cc2ccccn2)CC1. The monoisotopic (exact) mass is 345 g/mol. The highest BCUT2D eigenvalue weighted by Gasteiger charge is 2.28. The van der Waals surface area contributed by atoms with Gasteiger partial charge in [0, 0.05) is 31.9 Å². The first-order chi connectivity index (χ1) is 12.1. The van der Waals surface area contributed by atoms with E-state index in [1.54, 1.807) is 0 Å². The molecular formula is C20H31N3O2. The van der Waals surface area contributed by atoms with E-state index in [2.05, 4.69) is 23.0 Å². The zero-order valence-corrected chi connectivity index (χ0v) is 15.6. The molecule has 0 N–H and O–H groups in total. The van der Waals surface area contributed by atoms with Crippen molar-refractivity contribution >= 4 is 5.91 Å². The average Bonchev–Trinajstić information content (AvgIpc) is 3.46. The number of likely N-dealkylation sites (tertiary alicyclic amines) is 1. The maximum Gasteiger partial charge on any atom is 0.251 e. The van der Waals surface area contributed by atoms with E-state index >= 15 is 0 Å². The van der Waals surface area contributed by atoms with Crippen molar-refractivity contribution in [3.63, 3.8) is 0 Å². The van der Waals surface area contributed by atoms with Crippen molar-refractivity contribution in [3.8, 4) is 0 Å². The Bertz CT molecular complexity index is 547.